The molecule has 3 rings (SSSR count). The molecule has 81 heavy (non-hydrogen) atoms. The van der Waals surface area contributed by atoms with Crippen LogP contribution in [0.15, 0.2) is 36.5 Å². The summed E-state index contributed by atoms with van der Waals surface area (Å²) in [5.41, 5.74) is 0. The van der Waals surface area contributed by atoms with Crippen molar-refractivity contribution >= 4 is 5.91 Å². The summed E-state index contributed by atoms with van der Waals surface area (Å²) in [6.45, 7) is 1.69. The Morgan fingerprint density at radius 2 is 0.815 bits per heavy atom. The molecule has 0 radical (unpaired) electrons. The third kappa shape index (κ3) is 28.8. The first kappa shape index (κ1) is 73.3. The molecule has 17 atom stereocenters. The topological polar surface area (TPSA) is 307 Å². The fraction of sp³-hybridized carbons (Fsp3) is 0.887. The van der Waals surface area contributed by atoms with E-state index in [2.05, 4.69) is 43.5 Å². The van der Waals surface area contributed by atoms with E-state index in [0.717, 1.165) is 70.6 Å². The Labute approximate surface area is 485 Å². The maximum absolute atomic E-state index is 13.3. The van der Waals surface area contributed by atoms with Crippen molar-refractivity contribution in [2.75, 3.05) is 26.4 Å². The minimum atomic E-state index is -1.98. The molecular weight excluding hydrogens is 1050 g/mol. The summed E-state index contributed by atoms with van der Waals surface area (Å²) in [5.74, 6) is -0.289. The number of hydrogen-bond donors (Lipinski definition) is 12. The van der Waals surface area contributed by atoms with Gasteiger partial charge in [0.05, 0.1) is 38.6 Å². The summed E-state index contributed by atoms with van der Waals surface area (Å²) in [6.07, 6.45) is 22.6. The second-order valence-corrected chi connectivity index (χ2v) is 22.9. The van der Waals surface area contributed by atoms with Gasteiger partial charge in [0.2, 0.25) is 5.91 Å². The number of carbonyl (C=O) groups excluding carboxylic acids is 1. The molecule has 19 heteroatoms. The molecule has 0 spiro atoms. The second kappa shape index (κ2) is 45.3. The van der Waals surface area contributed by atoms with Crippen LogP contribution in [0.1, 0.15) is 219 Å². The monoisotopic (exact) mass is 1160 g/mol. The Balaban J connectivity index is 1.49. The largest absolute Gasteiger partial charge is 0.394 e. The molecule has 19 nitrogen and oxygen atoms in total. The number of unbranched alkanes of at least 4 members (excludes halogenated alkanes) is 27. The van der Waals surface area contributed by atoms with Crippen molar-refractivity contribution < 1.29 is 89.4 Å². The number of carbonyl (C=O) groups is 1. The van der Waals surface area contributed by atoms with Crippen LogP contribution in [0, 0.1) is 0 Å². The zero-order valence-electron chi connectivity index (χ0n) is 49.5. The molecule has 3 heterocycles. The molecule has 17 unspecified atom stereocenters. The number of allylic oxidation sites excluding steroid dienone is 5. The van der Waals surface area contributed by atoms with E-state index in [4.69, 9.17) is 28.4 Å². The molecule has 0 bridgehead atoms. The molecule has 0 aromatic rings. The van der Waals surface area contributed by atoms with E-state index in [1.807, 2.05) is 6.08 Å². The zero-order chi connectivity index (χ0) is 59.0. The molecule has 12 N–H and O–H groups in total. The van der Waals surface area contributed by atoms with Gasteiger partial charge in [-0.1, -0.05) is 198 Å². The lowest BCUT2D eigenvalue weighted by atomic mass is 9.96. The van der Waals surface area contributed by atoms with Crippen LogP contribution in [0.4, 0.5) is 0 Å². The Morgan fingerprint density at radius 3 is 1.28 bits per heavy atom. The van der Waals surface area contributed by atoms with Crippen molar-refractivity contribution in [3.05, 3.63) is 36.5 Å². The molecule has 0 aliphatic carbocycles. The normalized spacial score (nSPS) is 30.0. The number of ether oxygens (including phenoxy) is 6. The predicted octanol–water partition coefficient (Wildman–Crippen LogP) is 6.49. The van der Waals surface area contributed by atoms with E-state index in [1.165, 1.54) is 122 Å². The van der Waals surface area contributed by atoms with Crippen LogP contribution in [0.25, 0.3) is 0 Å². The average molecular weight is 1160 g/mol. The van der Waals surface area contributed by atoms with E-state index >= 15 is 0 Å². The van der Waals surface area contributed by atoms with Crippen molar-refractivity contribution in [3.63, 3.8) is 0 Å². The smallest absolute Gasteiger partial charge is 0.220 e. The minimum absolute atomic E-state index is 0.227. The lowest BCUT2D eigenvalue weighted by Crippen LogP contribution is -2.66. The quantitative estimate of drug-likeness (QED) is 0.0229. The molecule has 3 fully saturated rings. The molecule has 0 saturated carbocycles. The predicted molar refractivity (Wildman–Crippen MR) is 309 cm³/mol. The highest BCUT2D eigenvalue weighted by molar-refractivity contribution is 5.76. The number of amides is 1. The molecule has 3 aliphatic heterocycles. The first-order valence-corrected chi connectivity index (χ1v) is 31.7. The van der Waals surface area contributed by atoms with E-state index in [1.54, 1.807) is 6.08 Å². The minimum Gasteiger partial charge on any atom is -0.394 e. The maximum atomic E-state index is 13.3. The summed E-state index contributed by atoms with van der Waals surface area (Å²) in [4.78, 5) is 13.3. The molecular formula is C62H113NO18. The third-order valence-electron chi connectivity index (χ3n) is 15.9. The molecule has 0 aromatic carbocycles. The Bertz CT molecular complexity index is 1620. The summed E-state index contributed by atoms with van der Waals surface area (Å²) in [5, 5.41) is 120. The van der Waals surface area contributed by atoms with E-state index in [0.29, 0.717) is 6.42 Å². The maximum Gasteiger partial charge on any atom is 0.220 e. The van der Waals surface area contributed by atoms with Gasteiger partial charge in [-0.3, -0.25) is 4.79 Å². The van der Waals surface area contributed by atoms with Gasteiger partial charge in [0, 0.05) is 6.42 Å². The van der Waals surface area contributed by atoms with E-state index < -0.39 is 124 Å². The van der Waals surface area contributed by atoms with Crippen LogP contribution in [-0.4, -0.2) is 193 Å². The highest BCUT2D eigenvalue weighted by Gasteiger charge is 2.53. The van der Waals surface area contributed by atoms with Gasteiger partial charge in [0.1, 0.15) is 73.2 Å². The Hall–Kier alpha value is -1.99. The summed E-state index contributed by atoms with van der Waals surface area (Å²) < 4.78 is 34.3. The highest BCUT2D eigenvalue weighted by Crippen LogP contribution is 2.33. The van der Waals surface area contributed by atoms with Gasteiger partial charge in [-0.05, 0) is 51.4 Å². The SMILES string of the molecule is CCCCC/C=C\C/C=C\CCCCCCCC(=O)NC(COC1OC(CO)C(OC2OC(CO)C(OC3OC(CO)C(O)C(O)C3O)C(O)C2O)C(O)C1O)C(O)/C=C/CCCCCCCCCCCCCCCCCCCCC. The zero-order valence-corrected chi connectivity index (χ0v) is 49.5. The highest BCUT2D eigenvalue weighted by atomic mass is 16.8. The molecule has 474 valence electrons. The van der Waals surface area contributed by atoms with Crippen LogP contribution in [0.5, 0.6) is 0 Å². The molecule has 3 aliphatic rings. The van der Waals surface area contributed by atoms with Crippen LogP contribution < -0.4 is 5.32 Å². The van der Waals surface area contributed by atoms with Crippen LogP contribution in [0.2, 0.25) is 0 Å². The van der Waals surface area contributed by atoms with Crippen molar-refractivity contribution in [1.82, 2.24) is 5.32 Å². The van der Waals surface area contributed by atoms with Gasteiger partial charge < -0.3 is 89.9 Å². The average Bonchev–Trinajstić information content (AvgIpc) is 3.52. The van der Waals surface area contributed by atoms with Crippen LogP contribution in [0.3, 0.4) is 0 Å². The fourth-order valence-electron chi connectivity index (χ4n) is 10.7. The first-order valence-electron chi connectivity index (χ1n) is 31.7. The molecule has 1 amide bonds. The lowest BCUT2D eigenvalue weighted by molar-refractivity contribution is -0.379. The second-order valence-electron chi connectivity index (χ2n) is 22.9. The summed E-state index contributed by atoms with van der Waals surface area (Å²) >= 11 is 0. The van der Waals surface area contributed by atoms with E-state index in [9.17, 15) is 61.0 Å². The number of rotatable bonds is 47. The number of aliphatic hydroxyl groups is 11. The van der Waals surface area contributed by atoms with Crippen LogP contribution in [-0.2, 0) is 33.2 Å². The van der Waals surface area contributed by atoms with Crippen molar-refractivity contribution in [2.24, 2.45) is 0 Å². The third-order valence-corrected chi connectivity index (χ3v) is 15.9. The number of aliphatic hydroxyl groups excluding tert-OH is 11. The van der Waals surface area contributed by atoms with Gasteiger partial charge >= 0.3 is 0 Å². The standard InChI is InChI=1S/C62H113NO18/c1-3-5-7-9-11-13-15-17-19-20-21-22-23-24-26-27-29-31-33-35-37-39-46(67)45(63-50(68)40-38-36-34-32-30-28-25-18-16-14-12-10-8-6-4-2)44-76-60-56(74)53(71)58(48(42-65)78-60)81-62-57(75)54(72)59(49(43-66)79-62)80-61-55(73)52(70)51(69)47(41-64)77-61/h12,14,18,25,37,39,45-49,51-62,64-67,69-75H,3-11,13,15-17,19-24,26-36,38,40-44H2,1-2H3,(H,63,68)/b14-12-,25-18-,39-37+. The summed E-state index contributed by atoms with van der Waals surface area (Å²) in [6, 6.07) is -0.979. The van der Waals surface area contributed by atoms with Crippen molar-refractivity contribution in [3.8, 4) is 0 Å². The van der Waals surface area contributed by atoms with Crippen molar-refractivity contribution in [2.45, 2.75) is 324 Å². The van der Waals surface area contributed by atoms with Crippen molar-refractivity contribution in [1.29, 1.82) is 0 Å². The van der Waals surface area contributed by atoms with Gasteiger partial charge in [-0.2, -0.15) is 0 Å². The number of hydrogen-bond acceptors (Lipinski definition) is 18. The summed E-state index contributed by atoms with van der Waals surface area (Å²) in [7, 11) is 0. The fourth-order valence-corrected chi connectivity index (χ4v) is 10.7. The van der Waals surface area contributed by atoms with Crippen LogP contribution >= 0.6 is 0 Å². The lowest BCUT2D eigenvalue weighted by Gasteiger charge is -2.48. The van der Waals surface area contributed by atoms with Gasteiger partial charge in [0.15, 0.2) is 18.9 Å². The Kier molecular flexibility index (Phi) is 41.0. The number of nitrogens with one attached hydrogen (secondary N) is 1. The molecule has 3 saturated heterocycles. The first-order chi connectivity index (χ1) is 39.3. The van der Waals surface area contributed by atoms with Gasteiger partial charge in [-0.25, -0.2) is 0 Å². The Morgan fingerprint density at radius 1 is 0.444 bits per heavy atom. The molecule has 0 aromatic heterocycles. The van der Waals surface area contributed by atoms with E-state index in [-0.39, 0.29) is 18.9 Å². The van der Waals surface area contributed by atoms with Gasteiger partial charge in [0.25, 0.3) is 0 Å². The van der Waals surface area contributed by atoms with Gasteiger partial charge in [-0.15, -0.1) is 0 Å².